The first-order chi connectivity index (χ1) is 12.7. The fraction of sp³-hybridized carbons (Fsp3) is 0.667. The Bertz CT molecular complexity index is 556. The number of amides is 1. The molecule has 5 heteroatoms. The topological polar surface area (TPSA) is 47.6 Å². The maximum atomic E-state index is 12.6. The van der Waals surface area contributed by atoms with Crippen LogP contribution >= 0.6 is 0 Å². The van der Waals surface area contributed by atoms with Crippen molar-refractivity contribution in [1.82, 2.24) is 20.4 Å². The van der Waals surface area contributed by atoms with Crippen molar-refractivity contribution >= 4 is 5.91 Å². The number of carbonyl (C=O) groups excluding carboxylic acids is 1. The first-order valence-electron chi connectivity index (χ1n) is 10.2. The number of piperazine rings is 1. The van der Waals surface area contributed by atoms with Gasteiger partial charge in [0.05, 0.1) is 5.92 Å². The second-order valence-corrected chi connectivity index (χ2v) is 7.77. The van der Waals surface area contributed by atoms with E-state index in [2.05, 4.69) is 64.6 Å². The molecule has 2 N–H and O–H groups in total. The normalized spacial score (nSPS) is 28.1. The number of rotatable bonds is 7. The van der Waals surface area contributed by atoms with E-state index in [0.717, 1.165) is 45.6 Å². The highest BCUT2D eigenvalue weighted by molar-refractivity contribution is 5.80. The molecule has 0 radical (unpaired) electrons. The van der Waals surface area contributed by atoms with Gasteiger partial charge in [0.25, 0.3) is 0 Å². The Labute approximate surface area is 158 Å². The zero-order valence-corrected chi connectivity index (χ0v) is 16.3. The molecule has 26 heavy (non-hydrogen) atoms. The molecule has 5 nitrogen and oxygen atoms in total. The van der Waals surface area contributed by atoms with Crippen molar-refractivity contribution in [2.24, 2.45) is 5.92 Å². The summed E-state index contributed by atoms with van der Waals surface area (Å²) >= 11 is 0. The van der Waals surface area contributed by atoms with Crippen LogP contribution in [-0.4, -0.2) is 54.2 Å². The fourth-order valence-electron chi connectivity index (χ4n) is 4.09. The zero-order chi connectivity index (χ0) is 18.4. The number of benzene rings is 1. The van der Waals surface area contributed by atoms with Crippen LogP contribution in [0.2, 0.25) is 0 Å². The van der Waals surface area contributed by atoms with Gasteiger partial charge in [0.15, 0.2) is 0 Å². The van der Waals surface area contributed by atoms with Crippen LogP contribution in [0.1, 0.15) is 45.1 Å². The summed E-state index contributed by atoms with van der Waals surface area (Å²) in [4.78, 5) is 17.4. The smallest absolute Gasteiger partial charge is 0.226 e. The van der Waals surface area contributed by atoms with Gasteiger partial charge in [-0.15, -0.1) is 0 Å². The molecule has 3 atom stereocenters. The molecule has 3 unspecified atom stereocenters. The van der Waals surface area contributed by atoms with Crippen LogP contribution in [0.4, 0.5) is 0 Å². The van der Waals surface area contributed by atoms with Gasteiger partial charge in [0, 0.05) is 38.8 Å². The summed E-state index contributed by atoms with van der Waals surface area (Å²) in [6.45, 7) is 9.42. The highest BCUT2D eigenvalue weighted by Gasteiger charge is 2.36. The first kappa shape index (κ1) is 19.3. The Hall–Kier alpha value is -1.43. The highest BCUT2D eigenvalue weighted by Crippen LogP contribution is 2.19. The van der Waals surface area contributed by atoms with Gasteiger partial charge >= 0.3 is 0 Å². The van der Waals surface area contributed by atoms with Crippen LogP contribution in [0, 0.1) is 5.92 Å². The quantitative estimate of drug-likeness (QED) is 0.735. The van der Waals surface area contributed by atoms with Crippen molar-refractivity contribution in [3.63, 3.8) is 0 Å². The van der Waals surface area contributed by atoms with Gasteiger partial charge in [-0.2, -0.15) is 0 Å². The van der Waals surface area contributed by atoms with Crippen molar-refractivity contribution in [3.8, 4) is 0 Å². The second kappa shape index (κ2) is 9.49. The van der Waals surface area contributed by atoms with Crippen molar-refractivity contribution in [2.75, 3.05) is 26.2 Å². The predicted molar refractivity (Wildman–Crippen MR) is 105 cm³/mol. The van der Waals surface area contributed by atoms with E-state index in [-0.39, 0.29) is 24.2 Å². The zero-order valence-electron chi connectivity index (χ0n) is 16.3. The van der Waals surface area contributed by atoms with Gasteiger partial charge in [-0.25, -0.2) is 0 Å². The lowest BCUT2D eigenvalue weighted by Gasteiger charge is -2.44. The second-order valence-electron chi connectivity index (χ2n) is 7.77. The minimum Gasteiger partial charge on any atom is -0.328 e. The van der Waals surface area contributed by atoms with Crippen LogP contribution in [0.5, 0.6) is 0 Å². The van der Waals surface area contributed by atoms with E-state index in [1.165, 1.54) is 18.4 Å². The van der Waals surface area contributed by atoms with Crippen LogP contribution in [-0.2, 0) is 11.3 Å². The lowest BCUT2D eigenvalue weighted by atomic mass is 9.92. The Morgan fingerprint density at radius 2 is 1.81 bits per heavy atom. The third-order valence-corrected chi connectivity index (χ3v) is 5.78. The van der Waals surface area contributed by atoms with E-state index in [1.807, 2.05) is 0 Å². The number of unbranched alkanes of at least 4 members (excludes halogenated alkanes) is 2. The van der Waals surface area contributed by atoms with Gasteiger partial charge in [0.2, 0.25) is 5.91 Å². The molecular formula is C21H34N4O. The maximum Gasteiger partial charge on any atom is 0.226 e. The van der Waals surface area contributed by atoms with Gasteiger partial charge in [0.1, 0.15) is 6.29 Å². The molecule has 0 bridgehead atoms. The molecule has 1 amide bonds. The minimum absolute atomic E-state index is 0.0150. The van der Waals surface area contributed by atoms with E-state index >= 15 is 0 Å². The highest BCUT2D eigenvalue weighted by atomic mass is 16.2. The summed E-state index contributed by atoms with van der Waals surface area (Å²) in [6.07, 6.45) is 4.53. The Morgan fingerprint density at radius 1 is 1.08 bits per heavy atom. The average Bonchev–Trinajstić information content (AvgIpc) is 2.65. The van der Waals surface area contributed by atoms with Crippen molar-refractivity contribution < 1.29 is 4.79 Å². The first-order valence-corrected chi connectivity index (χ1v) is 10.2. The van der Waals surface area contributed by atoms with E-state index in [4.69, 9.17) is 0 Å². The summed E-state index contributed by atoms with van der Waals surface area (Å²) in [7, 11) is 0. The molecule has 2 heterocycles. The molecule has 2 saturated heterocycles. The van der Waals surface area contributed by atoms with E-state index in [0.29, 0.717) is 0 Å². The van der Waals surface area contributed by atoms with Gasteiger partial charge in [-0.1, -0.05) is 56.5 Å². The largest absolute Gasteiger partial charge is 0.328 e. The summed E-state index contributed by atoms with van der Waals surface area (Å²) < 4.78 is 0. The third kappa shape index (κ3) is 5.06. The fourth-order valence-corrected chi connectivity index (χ4v) is 4.09. The molecule has 0 aliphatic carbocycles. The molecule has 2 fully saturated rings. The molecule has 3 rings (SSSR count). The monoisotopic (exact) mass is 358 g/mol. The third-order valence-electron chi connectivity index (χ3n) is 5.78. The minimum atomic E-state index is -0.0150. The van der Waals surface area contributed by atoms with Crippen LogP contribution in [0.15, 0.2) is 30.3 Å². The Morgan fingerprint density at radius 3 is 2.46 bits per heavy atom. The Balaban J connectivity index is 1.45. The van der Waals surface area contributed by atoms with Gasteiger partial charge in [-0.3, -0.25) is 19.9 Å². The van der Waals surface area contributed by atoms with Crippen molar-refractivity contribution in [3.05, 3.63) is 35.9 Å². The van der Waals surface area contributed by atoms with Crippen molar-refractivity contribution in [1.29, 1.82) is 0 Å². The molecular weight excluding hydrogens is 324 g/mol. The molecule has 2 aliphatic rings. The number of carbonyl (C=O) groups is 1. The molecule has 144 valence electrons. The summed E-state index contributed by atoms with van der Waals surface area (Å²) in [6, 6.07) is 10.9. The number of nitrogens with zero attached hydrogens (tertiary/aromatic N) is 2. The average molecular weight is 359 g/mol. The van der Waals surface area contributed by atoms with Crippen LogP contribution in [0.3, 0.4) is 0 Å². The molecule has 0 spiro atoms. The van der Waals surface area contributed by atoms with Gasteiger partial charge < -0.3 is 5.32 Å². The number of nitrogens with one attached hydrogen (secondary N) is 2. The predicted octanol–water partition coefficient (Wildman–Crippen LogP) is 2.39. The van der Waals surface area contributed by atoms with Crippen molar-refractivity contribution in [2.45, 2.75) is 58.4 Å². The molecule has 0 saturated carbocycles. The van der Waals surface area contributed by atoms with E-state index in [1.54, 1.807) is 0 Å². The number of hydrogen-bond acceptors (Lipinski definition) is 4. The summed E-state index contributed by atoms with van der Waals surface area (Å²) in [5.74, 6) is 0.334. The molecule has 1 aromatic rings. The van der Waals surface area contributed by atoms with E-state index in [9.17, 15) is 4.79 Å². The van der Waals surface area contributed by atoms with Crippen LogP contribution in [0.25, 0.3) is 0 Å². The van der Waals surface area contributed by atoms with E-state index < -0.39 is 0 Å². The molecule has 0 aromatic heterocycles. The summed E-state index contributed by atoms with van der Waals surface area (Å²) in [5, 5.41) is 6.85. The molecule has 1 aromatic carbocycles. The lowest BCUT2D eigenvalue weighted by Crippen LogP contribution is -2.68. The standard InChI is InChI=1S/C21H34N4O/c1-3-4-6-11-19-17(2)22-21(23-20(19)26)25-14-12-24(13-15-25)16-18-9-7-5-8-10-18/h5,7-10,17,19,21-22H,3-4,6,11-16H2,1-2H3,(H,23,26). The van der Waals surface area contributed by atoms with Crippen LogP contribution < -0.4 is 10.6 Å². The summed E-state index contributed by atoms with van der Waals surface area (Å²) in [5.41, 5.74) is 1.37. The SMILES string of the molecule is CCCCCC1C(=O)NC(N2CCN(Cc3ccccc3)CC2)NC1C. The lowest BCUT2D eigenvalue weighted by molar-refractivity contribution is -0.133. The maximum absolute atomic E-state index is 12.6. The molecule has 2 aliphatic heterocycles. The van der Waals surface area contributed by atoms with Gasteiger partial charge in [-0.05, 0) is 18.9 Å². The number of hydrogen-bond donors (Lipinski definition) is 2. The Kier molecular flexibility index (Phi) is 7.06.